The minimum atomic E-state index is -3.66. The Morgan fingerprint density at radius 2 is 1.96 bits per heavy atom. The number of ether oxygens (including phenoxy) is 1. The summed E-state index contributed by atoms with van der Waals surface area (Å²) in [6.45, 7) is 2.83. The second-order valence-electron chi connectivity index (χ2n) is 6.91. The zero-order valence-electron chi connectivity index (χ0n) is 15.3. The first-order valence-electron chi connectivity index (χ1n) is 8.94. The molecule has 1 atom stereocenters. The summed E-state index contributed by atoms with van der Waals surface area (Å²) in [5, 5.41) is 0. The topological polar surface area (TPSA) is 75.7 Å². The van der Waals surface area contributed by atoms with E-state index in [1.165, 1.54) is 0 Å². The van der Waals surface area contributed by atoms with Gasteiger partial charge in [-0.3, -0.25) is 4.79 Å². The zero-order chi connectivity index (χ0) is 19.2. The molecule has 3 heterocycles. The minimum absolute atomic E-state index is 0.129. The number of rotatable bonds is 6. The summed E-state index contributed by atoms with van der Waals surface area (Å²) in [4.78, 5) is 16.2. The van der Waals surface area contributed by atoms with E-state index in [-0.39, 0.29) is 23.5 Å². The molecule has 27 heavy (non-hydrogen) atoms. The number of methoxy groups -OCH3 is 1. The number of sulfonamides is 1. The van der Waals surface area contributed by atoms with E-state index in [1.807, 2.05) is 19.1 Å². The highest BCUT2D eigenvalue weighted by molar-refractivity contribution is 7.89. The third kappa shape index (κ3) is 3.42. The molecule has 1 aromatic heterocycles. The lowest BCUT2D eigenvalue weighted by Gasteiger charge is -2.25. The first kappa shape index (κ1) is 18.6. The number of hydrogen-bond donors (Lipinski definition) is 1. The standard InChI is InChI=1S/C19H22N2O4S2/c1-12-3-5-17(26-12)16(25-2)11-20-27(23,24)15-9-13-4-6-18(22)21-8-7-14(10-15)19(13)21/h3,5,9-10,16,20H,4,6-8,11H2,1-2H3/t16-/m0/s1. The summed E-state index contributed by atoms with van der Waals surface area (Å²) in [6.07, 6.45) is 1.41. The van der Waals surface area contributed by atoms with Crippen LogP contribution in [0.25, 0.3) is 0 Å². The highest BCUT2D eigenvalue weighted by Crippen LogP contribution is 2.38. The van der Waals surface area contributed by atoms with Crippen molar-refractivity contribution < 1.29 is 17.9 Å². The molecule has 4 rings (SSSR count). The summed E-state index contributed by atoms with van der Waals surface area (Å²) < 4.78 is 33.9. The Hall–Kier alpha value is -1.74. The molecule has 0 saturated heterocycles. The molecular formula is C19H22N2O4S2. The molecule has 6 nitrogen and oxygen atoms in total. The fraction of sp³-hybridized carbons (Fsp3) is 0.421. The molecular weight excluding hydrogens is 384 g/mol. The van der Waals surface area contributed by atoms with Gasteiger partial charge in [0.2, 0.25) is 15.9 Å². The van der Waals surface area contributed by atoms with E-state index in [1.54, 1.807) is 35.5 Å². The normalized spacial score (nSPS) is 17.3. The minimum Gasteiger partial charge on any atom is -0.375 e. The fourth-order valence-electron chi connectivity index (χ4n) is 3.78. The maximum Gasteiger partial charge on any atom is 0.240 e. The van der Waals surface area contributed by atoms with Gasteiger partial charge < -0.3 is 9.64 Å². The third-order valence-corrected chi connectivity index (χ3v) is 7.65. The Morgan fingerprint density at radius 3 is 2.63 bits per heavy atom. The van der Waals surface area contributed by atoms with Crippen LogP contribution in [0.1, 0.15) is 33.4 Å². The molecule has 2 aliphatic rings. The van der Waals surface area contributed by atoms with E-state index in [4.69, 9.17) is 4.74 Å². The van der Waals surface area contributed by atoms with Gasteiger partial charge in [-0.05, 0) is 55.2 Å². The van der Waals surface area contributed by atoms with Crippen LogP contribution in [-0.2, 0) is 32.4 Å². The highest BCUT2D eigenvalue weighted by Gasteiger charge is 2.33. The van der Waals surface area contributed by atoms with Crippen molar-refractivity contribution in [1.82, 2.24) is 4.72 Å². The average Bonchev–Trinajstić information content (AvgIpc) is 3.26. The van der Waals surface area contributed by atoms with Crippen molar-refractivity contribution in [3.05, 3.63) is 45.1 Å². The van der Waals surface area contributed by atoms with Crippen LogP contribution in [0.4, 0.5) is 5.69 Å². The van der Waals surface area contributed by atoms with E-state index in [0.717, 1.165) is 26.6 Å². The molecule has 0 radical (unpaired) electrons. The Kier molecular flexibility index (Phi) is 4.84. The van der Waals surface area contributed by atoms with Gasteiger partial charge in [0, 0.05) is 36.4 Å². The molecule has 0 saturated carbocycles. The second-order valence-corrected chi connectivity index (χ2v) is 10.00. The molecule has 144 valence electrons. The van der Waals surface area contributed by atoms with Crippen LogP contribution in [0.2, 0.25) is 0 Å². The van der Waals surface area contributed by atoms with Crippen LogP contribution >= 0.6 is 11.3 Å². The number of carbonyl (C=O) groups excluding carboxylic acids is 1. The molecule has 0 spiro atoms. The van der Waals surface area contributed by atoms with Gasteiger partial charge in [-0.25, -0.2) is 13.1 Å². The predicted molar refractivity (Wildman–Crippen MR) is 105 cm³/mol. The largest absolute Gasteiger partial charge is 0.375 e. The van der Waals surface area contributed by atoms with Gasteiger partial charge in [0.15, 0.2) is 0 Å². The van der Waals surface area contributed by atoms with Crippen molar-refractivity contribution in [3.8, 4) is 0 Å². The molecule has 1 N–H and O–H groups in total. The molecule has 2 aliphatic heterocycles. The average molecular weight is 407 g/mol. The van der Waals surface area contributed by atoms with E-state index < -0.39 is 10.0 Å². The number of anilines is 1. The zero-order valence-corrected chi connectivity index (χ0v) is 17.0. The van der Waals surface area contributed by atoms with Gasteiger partial charge in [0.05, 0.1) is 10.6 Å². The van der Waals surface area contributed by atoms with Crippen molar-refractivity contribution in [2.75, 3.05) is 25.1 Å². The predicted octanol–water partition coefficient (Wildman–Crippen LogP) is 2.56. The molecule has 0 aliphatic carbocycles. The third-order valence-electron chi connectivity index (χ3n) is 5.16. The van der Waals surface area contributed by atoms with E-state index in [9.17, 15) is 13.2 Å². The number of aryl methyl sites for hydroxylation is 2. The number of benzene rings is 1. The van der Waals surface area contributed by atoms with Crippen molar-refractivity contribution >= 4 is 33.0 Å². The Morgan fingerprint density at radius 1 is 1.22 bits per heavy atom. The molecule has 2 aromatic rings. The monoisotopic (exact) mass is 406 g/mol. The number of hydrogen-bond acceptors (Lipinski definition) is 5. The summed E-state index contributed by atoms with van der Waals surface area (Å²) in [6, 6.07) is 7.38. The number of nitrogens with zero attached hydrogens (tertiary/aromatic N) is 1. The van der Waals surface area contributed by atoms with Crippen molar-refractivity contribution in [2.45, 2.75) is 37.2 Å². The maximum absolute atomic E-state index is 12.9. The number of thiophene rings is 1. The second kappa shape index (κ2) is 7.01. The van der Waals surface area contributed by atoms with Crippen molar-refractivity contribution in [3.63, 3.8) is 0 Å². The smallest absolute Gasteiger partial charge is 0.240 e. The van der Waals surface area contributed by atoms with Crippen LogP contribution in [0.3, 0.4) is 0 Å². The number of amides is 1. The van der Waals surface area contributed by atoms with Crippen LogP contribution in [0.5, 0.6) is 0 Å². The molecule has 1 amide bonds. The summed E-state index contributed by atoms with van der Waals surface area (Å²) >= 11 is 1.60. The lowest BCUT2D eigenvalue weighted by Crippen LogP contribution is -2.33. The van der Waals surface area contributed by atoms with Crippen molar-refractivity contribution in [1.29, 1.82) is 0 Å². The van der Waals surface area contributed by atoms with Crippen molar-refractivity contribution in [2.24, 2.45) is 0 Å². The Bertz CT molecular complexity index is 997. The lowest BCUT2D eigenvalue weighted by atomic mass is 10.00. The Labute approximate surface area is 163 Å². The lowest BCUT2D eigenvalue weighted by molar-refractivity contribution is -0.118. The Balaban J connectivity index is 1.57. The molecule has 0 unspecified atom stereocenters. The quantitative estimate of drug-likeness (QED) is 0.800. The van der Waals surface area contributed by atoms with Crippen LogP contribution in [-0.4, -0.2) is 34.5 Å². The molecule has 8 heteroatoms. The SMILES string of the molecule is CO[C@@H](CNS(=O)(=O)c1cc2c3c(c1)CCN3C(=O)CC2)c1ccc(C)s1. The fourth-order valence-corrected chi connectivity index (χ4v) is 5.86. The first-order chi connectivity index (χ1) is 12.9. The molecule has 0 bridgehead atoms. The summed E-state index contributed by atoms with van der Waals surface area (Å²) in [7, 11) is -2.07. The number of carbonyl (C=O) groups is 1. The highest BCUT2D eigenvalue weighted by atomic mass is 32.2. The van der Waals surface area contributed by atoms with Crippen LogP contribution in [0, 0.1) is 6.92 Å². The summed E-state index contributed by atoms with van der Waals surface area (Å²) in [5.74, 6) is 0.129. The molecule has 1 aromatic carbocycles. The van der Waals surface area contributed by atoms with E-state index in [2.05, 4.69) is 4.72 Å². The van der Waals surface area contributed by atoms with E-state index in [0.29, 0.717) is 25.8 Å². The van der Waals surface area contributed by atoms with E-state index >= 15 is 0 Å². The van der Waals surface area contributed by atoms with Gasteiger partial charge in [0.1, 0.15) is 6.10 Å². The number of nitrogens with one attached hydrogen (secondary N) is 1. The van der Waals surface area contributed by atoms with Gasteiger partial charge in [-0.1, -0.05) is 0 Å². The first-order valence-corrected chi connectivity index (χ1v) is 11.2. The summed E-state index contributed by atoms with van der Waals surface area (Å²) in [5.41, 5.74) is 2.81. The van der Waals surface area contributed by atoms with Crippen LogP contribution in [0.15, 0.2) is 29.2 Å². The maximum atomic E-state index is 12.9. The molecule has 0 fully saturated rings. The van der Waals surface area contributed by atoms with Gasteiger partial charge >= 0.3 is 0 Å². The van der Waals surface area contributed by atoms with Gasteiger partial charge in [-0.2, -0.15) is 0 Å². The van der Waals surface area contributed by atoms with Crippen LogP contribution < -0.4 is 9.62 Å². The van der Waals surface area contributed by atoms with Gasteiger partial charge in [-0.15, -0.1) is 11.3 Å². The van der Waals surface area contributed by atoms with Gasteiger partial charge in [0.25, 0.3) is 0 Å².